The average Bonchev–Trinajstić information content (AvgIpc) is 2.28. The summed E-state index contributed by atoms with van der Waals surface area (Å²) in [4.78, 5) is 11.0. The van der Waals surface area contributed by atoms with Gasteiger partial charge in [0.15, 0.2) is 5.60 Å². The number of carboxylic acid groups (broad SMARTS) is 1. The van der Waals surface area contributed by atoms with Crippen LogP contribution in [0, 0.1) is 5.92 Å². The predicted octanol–water partition coefficient (Wildman–Crippen LogP) is 2.06. The van der Waals surface area contributed by atoms with Crippen molar-refractivity contribution in [1.29, 1.82) is 0 Å². The molecule has 3 heteroatoms. The molecule has 1 rings (SSSR count). The molecule has 0 saturated heterocycles. The van der Waals surface area contributed by atoms with Gasteiger partial charge in [-0.15, -0.1) is 0 Å². The fourth-order valence-electron chi connectivity index (χ4n) is 1.99. The molecule has 0 aromatic heterocycles. The highest BCUT2D eigenvalue weighted by Crippen LogP contribution is 2.32. The molecule has 0 heterocycles. The molecule has 0 aromatic carbocycles. The third kappa shape index (κ3) is 2.21. The maximum absolute atomic E-state index is 11.0. The highest BCUT2D eigenvalue weighted by molar-refractivity contribution is 5.77. The van der Waals surface area contributed by atoms with Gasteiger partial charge in [0, 0.05) is 7.11 Å². The van der Waals surface area contributed by atoms with E-state index in [0.29, 0.717) is 18.8 Å². The summed E-state index contributed by atoms with van der Waals surface area (Å²) in [5.41, 5.74) is -0.898. The first-order chi connectivity index (χ1) is 6.10. The van der Waals surface area contributed by atoms with E-state index in [2.05, 4.69) is 6.92 Å². The van der Waals surface area contributed by atoms with Crippen molar-refractivity contribution in [2.45, 2.75) is 44.6 Å². The van der Waals surface area contributed by atoms with E-state index in [1.165, 1.54) is 7.11 Å². The van der Waals surface area contributed by atoms with Crippen LogP contribution in [-0.2, 0) is 9.53 Å². The van der Waals surface area contributed by atoms with Gasteiger partial charge in [-0.2, -0.15) is 0 Å². The van der Waals surface area contributed by atoms with E-state index in [1.807, 2.05) is 0 Å². The molecular weight excluding hydrogens is 168 g/mol. The molecule has 0 aliphatic heterocycles. The Morgan fingerprint density at radius 1 is 1.46 bits per heavy atom. The lowest BCUT2D eigenvalue weighted by Gasteiger charge is -2.26. The second kappa shape index (κ2) is 4.09. The van der Waals surface area contributed by atoms with Crippen LogP contribution in [0.2, 0.25) is 0 Å². The van der Waals surface area contributed by atoms with Crippen molar-refractivity contribution < 1.29 is 14.6 Å². The highest BCUT2D eigenvalue weighted by atomic mass is 16.5. The van der Waals surface area contributed by atoms with Crippen LogP contribution in [-0.4, -0.2) is 23.8 Å². The van der Waals surface area contributed by atoms with E-state index in [1.54, 1.807) is 0 Å². The van der Waals surface area contributed by atoms with Crippen molar-refractivity contribution >= 4 is 5.97 Å². The molecule has 1 aliphatic carbocycles. The first-order valence-electron chi connectivity index (χ1n) is 4.89. The smallest absolute Gasteiger partial charge is 0.335 e. The zero-order valence-corrected chi connectivity index (χ0v) is 8.38. The van der Waals surface area contributed by atoms with Crippen LogP contribution in [0.4, 0.5) is 0 Å². The number of carboxylic acids is 1. The number of carbonyl (C=O) groups is 1. The maximum Gasteiger partial charge on any atom is 0.335 e. The van der Waals surface area contributed by atoms with Gasteiger partial charge in [-0.25, -0.2) is 4.79 Å². The van der Waals surface area contributed by atoms with Crippen molar-refractivity contribution in [3.05, 3.63) is 0 Å². The van der Waals surface area contributed by atoms with Crippen LogP contribution in [0.25, 0.3) is 0 Å². The molecule has 0 bridgehead atoms. The lowest BCUT2D eigenvalue weighted by Crippen LogP contribution is -2.40. The standard InChI is InChI=1S/C10H18O3/c1-8-4-3-6-10(13-2,7-5-8)9(11)12/h8H,3-7H2,1-2H3,(H,11,12). The van der Waals surface area contributed by atoms with E-state index < -0.39 is 11.6 Å². The molecule has 0 aromatic rings. The molecule has 13 heavy (non-hydrogen) atoms. The predicted molar refractivity (Wildman–Crippen MR) is 49.6 cm³/mol. The quantitative estimate of drug-likeness (QED) is 0.671. The molecule has 1 saturated carbocycles. The SMILES string of the molecule is COC1(C(=O)O)CCCC(C)CC1. The zero-order valence-electron chi connectivity index (χ0n) is 8.38. The van der Waals surface area contributed by atoms with Gasteiger partial charge in [0.1, 0.15) is 0 Å². The third-order valence-corrected chi connectivity index (χ3v) is 3.10. The van der Waals surface area contributed by atoms with E-state index in [-0.39, 0.29) is 0 Å². The monoisotopic (exact) mass is 186 g/mol. The lowest BCUT2D eigenvalue weighted by molar-refractivity contribution is -0.164. The average molecular weight is 186 g/mol. The van der Waals surface area contributed by atoms with Crippen molar-refractivity contribution in [2.24, 2.45) is 5.92 Å². The van der Waals surface area contributed by atoms with Gasteiger partial charge >= 0.3 is 5.97 Å². The van der Waals surface area contributed by atoms with Crippen LogP contribution in [0.5, 0.6) is 0 Å². The lowest BCUT2D eigenvalue weighted by atomic mass is 9.94. The minimum Gasteiger partial charge on any atom is -0.479 e. The van der Waals surface area contributed by atoms with Crippen molar-refractivity contribution in [1.82, 2.24) is 0 Å². The Bertz CT molecular complexity index is 191. The Morgan fingerprint density at radius 2 is 2.15 bits per heavy atom. The molecule has 3 nitrogen and oxygen atoms in total. The molecular formula is C10H18O3. The number of rotatable bonds is 2. The third-order valence-electron chi connectivity index (χ3n) is 3.10. The van der Waals surface area contributed by atoms with Gasteiger partial charge in [0.2, 0.25) is 0 Å². The fraction of sp³-hybridized carbons (Fsp3) is 0.900. The summed E-state index contributed by atoms with van der Waals surface area (Å²) in [5, 5.41) is 9.08. The molecule has 2 atom stereocenters. The molecule has 0 spiro atoms. The molecule has 1 N–H and O–H groups in total. The first-order valence-corrected chi connectivity index (χ1v) is 4.89. The van der Waals surface area contributed by atoms with Crippen LogP contribution < -0.4 is 0 Å². The number of ether oxygens (including phenoxy) is 1. The second-order valence-electron chi connectivity index (χ2n) is 4.04. The van der Waals surface area contributed by atoms with E-state index >= 15 is 0 Å². The topological polar surface area (TPSA) is 46.5 Å². The van der Waals surface area contributed by atoms with Gasteiger partial charge in [0.25, 0.3) is 0 Å². The summed E-state index contributed by atoms with van der Waals surface area (Å²) in [6.07, 6.45) is 4.35. The summed E-state index contributed by atoms with van der Waals surface area (Å²) in [6.45, 7) is 2.17. The fourth-order valence-corrected chi connectivity index (χ4v) is 1.99. The maximum atomic E-state index is 11.0. The Kier molecular flexibility index (Phi) is 3.31. The van der Waals surface area contributed by atoms with Crippen LogP contribution >= 0.6 is 0 Å². The number of hydrogen-bond acceptors (Lipinski definition) is 2. The summed E-state index contributed by atoms with van der Waals surface area (Å²) < 4.78 is 5.17. The second-order valence-corrected chi connectivity index (χ2v) is 4.04. The number of methoxy groups -OCH3 is 1. The Morgan fingerprint density at radius 3 is 2.69 bits per heavy atom. The summed E-state index contributed by atoms with van der Waals surface area (Å²) in [7, 11) is 1.50. The first kappa shape index (κ1) is 10.5. The minimum atomic E-state index is -0.898. The Labute approximate surface area is 79.1 Å². The van der Waals surface area contributed by atoms with Crippen molar-refractivity contribution in [2.75, 3.05) is 7.11 Å². The number of hydrogen-bond donors (Lipinski definition) is 1. The van der Waals surface area contributed by atoms with Gasteiger partial charge in [-0.1, -0.05) is 13.3 Å². The summed E-state index contributed by atoms with van der Waals surface area (Å²) >= 11 is 0. The van der Waals surface area contributed by atoms with Crippen molar-refractivity contribution in [3.63, 3.8) is 0 Å². The van der Waals surface area contributed by atoms with Crippen molar-refractivity contribution in [3.8, 4) is 0 Å². The Balaban J connectivity index is 2.69. The molecule has 1 fully saturated rings. The van der Waals surface area contributed by atoms with Gasteiger partial charge < -0.3 is 9.84 Å². The molecule has 1 aliphatic rings. The highest BCUT2D eigenvalue weighted by Gasteiger charge is 2.39. The molecule has 2 unspecified atom stereocenters. The zero-order chi connectivity index (χ0) is 9.90. The summed E-state index contributed by atoms with van der Waals surface area (Å²) in [5.74, 6) is -0.166. The molecule has 0 radical (unpaired) electrons. The molecule has 76 valence electrons. The van der Waals surface area contributed by atoms with Crippen LogP contribution in [0.1, 0.15) is 39.0 Å². The summed E-state index contributed by atoms with van der Waals surface area (Å²) in [6, 6.07) is 0. The van der Waals surface area contributed by atoms with Crippen LogP contribution in [0.3, 0.4) is 0 Å². The normalized spacial score (nSPS) is 35.4. The van der Waals surface area contributed by atoms with E-state index in [4.69, 9.17) is 9.84 Å². The van der Waals surface area contributed by atoms with E-state index in [0.717, 1.165) is 19.3 Å². The van der Waals surface area contributed by atoms with Gasteiger partial charge in [-0.3, -0.25) is 0 Å². The van der Waals surface area contributed by atoms with Crippen LogP contribution in [0.15, 0.2) is 0 Å². The minimum absolute atomic E-state index is 0.636. The largest absolute Gasteiger partial charge is 0.479 e. The van der Waals surface area contributed by atoms with Gasteiger partial charge in [-0.05, 0) is 31.6 Å². The van der Waals surface area contributed by atoms with E-state index in [9.17, 15) is 4.79 Å². The Hall–Kier alpha value is -0.570. The van der Waals surface area contributed by atoms with Gasteiger partial charge in [0.05, 0.1) is 0 Å². The number of aliphatic carboxylic acids is 1. The molecule has 0 amide bonds.